The molecule has 2 unspecified atom stereocenters. The lowest BCUT2D eigenvalue weighted by atomic mass is 9.82. The van der Waals surface area contributed by atoms with Crippen molar-refractivity contribution in [1.29, 1.82) is 0 Å². The summed E-state index contributed by atoms with van der Waals surface area (Å²) in [5.41, 5.74) is 3.28. The number of hydrogen-bond donors (Lipinski definition) is 4. The first-order chi connectivity index (χ1) is 16.4. The van der Waals surface area contributed by atoms with Crippen LogP contribution in [0.1, 0.15) is 51.7 Å². The number of anilines is 2. The first-order valence-corrected chi connectivity index (χ1v) is 12.4. The number of benzene rings is 2. The van der Waals surface area contributed by atoms with Crippen LogP contribution < -0.4 is 15.5 Å². The quantitative estimate of drug-likeness (QED) is 0.363. The molecule has 2 aromatic carbocycles. The lowest BCUT2D eigenvalue weighted by Gasteiger charge is -2.38. The molecule has 2 atom stereocenters. The molecule has 4 rings (SSSR count). The van der Waals surface area contributed by atoms with Crippen molar-refractivity contribution in [1.82, 2.24) is 5.32 Å². The second-order valence-electron chi connectivity index (χ2n) is 11.4. The van der Waals surface area contributed by atoms with E-state index >= 15 is 0 Å². The molecule has 1 aliphatic heterocycles. The zero-order chi connectivity index (χ0) is 25.5. The third-order valence-electron chi connectivity index (χ3n) is 7.36. The zero-order valence-electron chi connectivity index (χ0n) is 21.3. The maximum atomic E-state index is 13.3. The predicted molar refractivity (Wildman–Crippen MR) is 141 cm³/mol. The minimum Gasteiger partial charge on any atom is -0.504 e. The van der Waals surface area contributed by atoms with E-state index in [2.05, 4.69) is 56.3 Å². The number of phenols is 2. The summed E-state index contributed by atoms with van der Waals surface area (Å²) < 4.78 is 0. The molecule has 0 saturated heterocycles. The van der Waals surface area contributed by atoms with Crippen LogP contribution in [-0.4, -0.2) is 49.0 Å². The van der Waals surface area contributed by atoms with Gasteiger partial charge in [0.1, 0.15) is 7.85 Å². The van der Waals surface area contributed by atoms with Crippen molar-refractivity contribution in [2.75, 3.05) is 23.3 Å². The van der Waals surface area contributed by atoms with Crippen LogP contribution >= 0.6 is 0 Å². The van der Waals surface area contributed by atoms with Crippen LogP contribution in [0.4, 0.5) is 11.4 Å². The van der Waals surface area contributed by atoms with Crippen LogP contribution in [0.2, 0.25) is 5.82 Å². The first kappa shape index (κ1) is 25.0. The van der Waals surface area contributed by atoms with Crippen LogP contribution in [0.5, 0.6) is 11.5 Å². The Hall–Kier alpha value is -3.16. The summed E-state index contributed by atoms with van der Waals surface area (Å²) in [5, 5.41) is 25.6. The highest BCUT2D eigenvalue weighted by Crippen LogP contribution is 2.50. The topological polar surface area (TPSA) is 102 Å². The molecule has 2 aliphatic rings. The highest BCUT2D eigenvalue weighted by atomic mass is 16.3. The Morgan fingerprint density at radius 1 is 1.14 bits per heavy atom. The van der Waals surface area contributed by atoms with Crippen LogP contribution in [0, 0.1) is 5.41 Å². The molecule has 1 fully saturated rings. The minimum atomic E-state index is -0.663. The fourth-order valence-electron chi connectivity index (χ4n) is 5.15. The Balaban J connectivity index is 1.52. The van der Waals surface area contributed by atoms with Crippen molar-refractivity contribution in [3.05, 3.63) is 47.5 Å². The third-order valence-corrected chi connectivity index (χ3v) is 7.36. The second-order valence-corrected chi connectivity index (χ2v) is 11.4. The number of carbonyl (C=O) groups excluding carboxylic acids is 2. The molecule has 0 radical (unpaired) electrons. The minimum absolute atomic E-state index is 0.0117. The zero-order valence-corrected chi connectivity index (χ0v) is 21.3. The van der Waals surface area contributed by atoms with E-state index < -0.39 is 5.41 Å². The van der Waals surface area contributed by atoms with Gasteiger partial charge in [-0.05, 0) is 72.0 Å². The van der Waals surface area contributed by atoms with Gasteiger partial charge in [0.25, 0.3) is 0 Å². The molecule has 1 saturated carbocycles. The molecule has 0 bridgehead atoms. The normalized spacial score (nSPS) is 19.1. The Morgan fingerprint density at radius 2 is 1.86 bits per heavy atom. The molecule has 1 heterocycles. The molecule has 8 heteroatoms. The summed E-state index contributed by atoms with van der Waals surface area (Å²) in [6, 6.07) is 11.1. The molecule has 2 amide bonds. The number of hydrogen-bond acceptors (Lipinski definition) is 5. The smallest absolute Gasteiger partial charge is 0.235 e. The highest BCUT2D eigenvalue weighted by Gasteiger charge is 2.51. The molecular weight excluding hydrogens is 441 g/mol. The summed E-state index contributed by atoms with van der Waals surface area (Å²) in [4.78, 5) is 27.1. The average Bonchev–Trinajstić information content (AvgIpc) is 3.51. The molecule has 7 nitrogen and oxygen atoms in total. The SMILES string of the molecule is BC(CNC(C)=O)CN1c2ccc(NC(=O)C3(c4ccc(O)c(O)c4)CC3)cc2CC1C(C)(C)C. The summed E-state index contributed by atoms with van der Waals surface area (Å²) in [6.07, 6.45) is 2.31. The highest BCUT2D eigenvalue weighted by molar-refractivity contribution is 6.12. The molecule has 4 N–H and O–H groups in total. The maximum absolute atomic E-state index is 13.3. The van der Waals surface area contributed by atoms with Gasteiger partial charge in [0, 0.05) is 37.4 Å². The maximum Gasteiger partial charge on any atom is 0.235 e. The summed E-state index contributed by atoms with van der Waals surface area (Å²) in [7, 11) is 2.15. The largest absolute Gasteiger partial charge is 0.504 e. The van der Waals surface area contributed by atoms with Gasteiger partial charge in [-0.1, -0.05) is 26.8 Å². The van der Waals surface area contributed by atoms with Gasteiger partial charge in [0.05, 0.1) is 5.41 Å². The van der Waals surface area contributed by atoms with Crippen LogP contribution in [0.15, 0.2) is 36.4 Å². The number of rotatable bonds is 7. The Labute approximate surface area is 208 Å². The Bertz CT molecular complexity index is 1140. The second kappa shape index (κ2) is 9.13. The summed E-state index contributed by atoms with van der Waals surface area (Å²) >= 11 is 0. The standard InChI is InChI=1S/C27H36BN3O4/c1-16(32)29-14-19(28)15-31-21-7-6-20(11-17(21)12-24(31)26(2,3)4)30-25(35)27(9-10-27)18-5-8-22(33)23(34)13-18/h5-8,11,13,19,24,33-34H,9-10,12,14-15,28H2,1-4H3,(H,29,32)(H,30,35). The molecular formula is C27H36BN3O4. The van der Waals surface area contributed by atoms with Crippen LogP contribution in [0.25, 0.3) is 0 Å². The number of nitrogens with zero attached hydrogens (tertiary/aromatic N) is 1. The van der Waals surface area contributed by atoms with E-state index in [-0.39, 0.29) is 28.7 Å². The number of aromatic hydroxyl groups is 2. The Morgan fingerprint density at radius 3 is 2.46 bits per heavy atom. The van der Waals surface area contributed by atoms with Gasteiger partial charge in [-0.2, -0.15) is 0 Å². The van der Waals surface area contributed by atoms with Crippen LogP contribution in [-0.2, 0) is 21.4 Å². The van der Waals surface area contributed by atoms with E-state index in [1.807, 2.05) is 6.07 Å². The van der Waals surface area contributed by atoms with Gasteiger partial charge in [-0.3, -0.25) is 9.59 Å². The number of phenolic OH excluding ortho intramolecular Hbond substituents is 2. The lowest BCUT2D eigenvalue weighted by molar-refractivity contribution is -0.119. The van der Waals surface area contributed by atoms with E-state index in [1.54, 1.807) is 13.0 Å². The van der Waals surface area contributed by atoms with Crippen molar-refractivity contribution in [3.8, 4) is 11.5 Å². The lowest BCUT2D eigenvalue weighted by Crippen LogP contribution is -2.44. The summed E-state index contributed by atoms with van der Waals surface area (Å²) in [5.74, 6) is -0.199. The van der Waals surface area contributed by atoms with Gasteiger partial charge in [-0.25, -0.2) is 0 Å². The number of fused-ring (bicyclic) bond motifs is 1. The predicted octanol–water partition coefficient (Wildman–Crippen LogP) is 3.10. The summed E-state index contributed by atoms with van der Waals surface area (Å²) in [6.45, 7) is 9.78. The fraction of sp³-hybridized carbons (Fsp3) is 0.481. The molecule has 35 heavy (non-hydrogen) atoms. The van der Waals surface area contributed by atoms with Gasteiger partial charge in [-0.15, -0.1) is 0 Å². The van der Waals surface area contributed by atoms with E-state index in [0.29, 0.717) is 31.2 Å². The van der Waals surface area contributed by atoms with Gasteiger partial charge in [0.2, 0.25) is 11.8 Å². The number of amides is 2. The van der Waals surface area contributed by atoms with E-state index in [1.165, 1.54) is 23.4 Å². The van der Waals surface area contributed by atoms with E-state index in [0.717, 1.165) is 24.2 Å². The van der Waals surface area contributed by atoms with Crippen molar-refractivity contribution in [2.24, 2.45) is 5.41 Å². The van der Waals surface area contributed by atoms with Crippen molar-refractivity contribution in [2.45, 2.75) is 64.2 Å². The third kappa shape index (κ3) is 5.11. The number of nitrogens with one attached hydrogen (secondary N) is 2. The number of carbonyl (C=O) groups is 2. The van der Waals surface area contributed by atoms with Gasteiger partial charge >= 0.3 is 0 Å². The molecule has 2 aromatic rings. The Kier molecular flexibility index (Phi) is 6.51. The van der Waals surface area contributed by atoms with Crippen molar-refractivity contribution >= 4 is 31.0 Å². The molecule has 1 aliphatic carbocycles. The average molecular weight is 477 g/mol. The van der Waals surface area contributed by atoms with Gasteiger partial charge < -0.3 is 25.7 Å². The van der Waals surface area contributed by atoms with Gasteiger partial charge in [0.15, 0.2) is 11.5 Å². The monoisotopic (exact) mass is 477 g/mol. The van der Waals surface area contributed by atoms with E-state index in [4.69, 9.17) is 0 Å². The first-order valence-electron chi connectivity index (χ1n) is 12.4. The van der Waals surface area contributed by atoms with E-state index in [9.17, 15) is 19.8 Å². The molecule has 0 aromatic heterocycles. The molecule has 186 valence electrons. The fourth-order valence-corrected chi connectivity index (χ4v) is 5.15. The van der Waals surface area contributed by atoms with Crippen molar-refractivity contribution < 1.29 is 19.8 Å². The molecule has 0 spiro atoms. The van der Waals surface area contributed by atoms with Crippen LogP contribution in [0.3, 0.4) is 0 Å². The van der Waals surface area contributed by atoms with Crippen molar-refractivity contribution in [3.63, 3.8) is 0 Å².